The highest BCUT2D eigenvalue weighted by Crippen LogP contribution is 2.33. The van der Waals surface area contributed by atoms with Crippen molar-refractivity contribution in [1.29, 1.82) is 0 Å². The molecule has 2 unspecified atom stereocenters. The zero-order valence-electron chi connectivity index (χ0n) is 14.8. The number of hydrogen-bond acceptors (Lipinski definition) is 6. The molecule has 1 aliphatic rings. The second-order valence-electron chi connectivity index (χ2n) is 6.58. The predicted molar refractivity (Wildman–Crippen MR) is 107 cm³/mol. The first-order valence-electron chi connectivity index (χ1n) is 8.90. The van der Waals surface area contributed by atoms with Crippen molar-refractivity contribution in [3.63, 3.8) is 0 Å². The number of rotatable bonds is 4. The number of fused-ring (bicyclic) bond motifs is 1. The molecule has 1 fully saturated rings. The molecule has 0 aromatic carbocycles. The summed E-state index contributed by atoms with van der Waals surface area (Å²) in [7, 11) is 0. The van der Waals surface area contributed by atoms with E-state index < -0.39 is 11.9 Å². The van der Waals surface area contributed by atoms with E-state index >= 15 is 0 Å². The zero-order chi connectivity index (χ0) is 19.0. The third-order valence-corrected chi connectivity index (χ3v) is 5.14. The molecule has 1 aliphatic heterocycles. The number of hydrogen-bond donors (Lipinski definition) is 3. The molecule has 1 saturated heterocycles. The lowest BCUT2D eigenvalue weighted by atomic mass is 10.1. The summed E-state index contributed by atoms with van der Waals surface area (Å²) in [6.45, 7) is 3.82. The Morgan fingerprint density at radius 1 is 1.52 bits per heavy atom. The van der Waals surface area contributed by atoms with E-state index in [1.54, 1.807) is 12.3 Å². The SMILES string of the molecule is CCC(O)C1CN(c2nc(-c3[nH]nc4ncccc34)c(F)cc2Cl)CCN1.[HH].[HH]. The Kier molecular flexibility index (Phi) is 4.94. The van der Waals surface area contributed by atoms with Gasteiger partial charge in [0.05, 0.1) is 22.9 Å². The molecule has 27 heavy (non-hydrogen) atoms. The van der Waals surface area contributed by atoms with E-state index in [9.17, 15) is 9.50 Å². The van der Waals surface area contributed by atoms with E-state index in [0.717, 1.165) is 0 Å². The van der Waals surface area contributed by atoms with Gasteiger partial charge in [-0.25, -0.2) is 14.4 Å². The molecule has 3 aromatic heterocycles. The molecule has 7 nitrogen and oxygen atoms in total. The van der Waals surface area contributed by atoms with E-state index in [1.165, 1.54) is 6.07 Å². The van der Waals surface area contributed by atoms with Crippen LogP contribution in [-0.4, -0.2) is 57.1 Å². The maximum Gasteiger partial charge on any atom is 0.181 e. The van der Waals surface area contributed by atoms with Gasteiger partial charge in [-0.15, -0.1) is 0 Å². The maximum atomic E-state index is 14.7. The molecular weight excluding hydrogens is 371 g/mol. The zero-order valence-corrected chi connectivity index (χ0v) is 15.5. The number of aromatic nitrogens is 4. The van der Waals surface area contributed by atoms with Gasteiger partial charge in [-0.2, -0.15) is 5.10 Å². The summed E-state index contributed by atoms with van der Waals surface area (Å²) >= 11 is 6.31. The Labute approximate surface area is 163 Å². The third kappa shape index (κ3) is 3.36. The van der Waals surface area contributed by atoms with Crippen LogP contribution in [0.15, 0.2) is 24.4 Å². The molecule has 4 rings (SSSR count). The summed E-state index contributed by atoms with van der Waals surface area (Å²) < 4.78 is 14.7. The van der Waals surface area contributed by atoms with Crippen LogP contribution < -0.4 is 10.2 Å². The van der Waals surface area contributed by atoms with Crippen molar-refractivity contribution in [3.8, 4) is 11.4 Å². The Morgan fingerprint density at radius 2 is 2.37 bits per heavy atom. The molecule has 9 heteroatoms. The van der Waals surface area contributed by atoms with Gasteiger partial charge in [-0.1, -0.05) is 18.5 Å². The first-order valence-corrected chi connectivity index (χ1v) is 9.28. The molecule has 3 aromatic rings. The fourth-order valence-corrected chi connectivity index (χ4v) is 3.66. The van der Waals surface area contributed by atoms with E-state index in [4.69, 9.17) is 11.6 Å². The van der Waals surface area contributed by atoms with Gasteiger partial charge in [0.15, 0.2) is 11.5 Å². The summed E-state index contributed by atoms with van der Waals surface area (Å²) in [6.07, 6.45) is 1.81. The van der Waals surface area contributed by atoms with Crippen LogP contribution in [-0.2, 0) is 0 Å². The number of aromatic amines is 1. The Balaban J connectivity index is 0.00000150. The van der Waals surface area contributed by atoms with Crippen LogP contribution in [0, 0.1) is 5.82 Å². The minimum atomic E-state index is -0.529. The molecule has 0 aliphatic carbocycles. The first kappa shape index (κ1) is 18.1. The van der Waals surface area contributed by atoms with Crippen molar-refractivity contribution in [1.82, 2.24) is 25.5 Å². The van der Waals surface area contributed by atoms with Crippen LogP contribution in [0.2, 0.25) is 5.02 Å². The number of pyridine rings is 2. The van der Waals surface area contributed by atoms with Gasteiger partial charge in [0.1, 0.15) is 11.5 Å². The highest BCUT2D eigenvalue weighted by atomic mass is 35.5. The van der Waals surface area contributed by atoms with Crippen LogP contribution in [0.5, 0.6) is 0 Å². The Hall–Kier alpha value is -2.29. The summed E-state index contributed by atoms with van der Waals surface area (Å²) in [5, 5.41) is 21.3. The summed E-state index contributed by atoms with van der Waals surface area (Å²) in [5.74, 6) is -0.0343. The third-order valence-electron chi connectivity index (χ3n) is 4.87. The van der Waals surface area contributed by atoms with Gasteiger partial charge < -0.3 is 15.3 Å². The van der Waals surface area contributed by atoms with Gasteiger partial charge in [-0.05, 0) is 24.6 Å². The van der Waals surface area contributed by atoms with Crippen LogP contribution in [0.4, 0.5) is 10.2 Å². The number of piperazine rings is 1. The number of anilines is 1. The lowest BCUT2D eigenvalue weighted by Crippen LogP contribution is -2.55. The van der Waals surface area contributed by atoms with E-state index in [1.807, 2.05) is 17.9 Å². The highest BCUT2D eigenvalue weighted by Gasteiger charge is 2.27. The van der Waals surface area contributed by atoms with Crippen molar-refractivity contribution < 1.29 is 12.4 Å². The number of nitrogens with one attached hydrogen (secondary N) is 2. The average Bonchev–Trinajstić information content (AvgIpc) is 3.11. The molecule has 4 heterocycles. The first-order chi connectivity index (χ1) is 13.1. The van der Waals surface area contributed by atoms with Crippen molar-refractivity contribution in [2.75, 3.05) is 24.5 Å². The highest BCUT2D eigenvalue weighted by molar-refractivity contribution is 6.33. The average molecular weight is 395 g/mol. The van der Waals surface area contributed by atoms with Gasteiger partial charge in [0.25, 0.3) is 0 Å². The van der Waals surface area contributed by atoms with Gasteiger partial charge in [0, 0.05) is 34.1 Å². The van der Waals surface area contributed by atoms with Crippen molar-refractivity contribution in [3.05, 3.63) is 35.2 Å². The number of H-pyrrole nitrogens is 1. The number of aliphatic hydroxyl groups is 1. The fraction of sp³-hybridized carbons (Fsp3) is 0.389. The number of halogens is 2. The largest absolute Gasteiger partial charge is 0.391 e. The van der Waals surface area contributed by atoms with E-state index in [-0.39, 0.29) is 19.6 Å². The fourth-order valence-electron chi connectivity index (χ4n) is 3.40. The second kappa shape index (κ2) is 7.38. The molecular formula is C18H24ClFN6O. The Morgan fingerprint density at radius 3 is 3.19 bits per heavy atom. The minimum Gasteiger partial charge on any atom is -0.391 e. The van der Waals surface area contributed by atoms with Crippen LogP contribution >= 0.6 is 11.6 Å². The molecule has 0 saturated carbocycles. The summed E-state index contributed by atoms with van der Waals surface area (Å²) in [4.78, 5) is 10.7. The number of nitrogens with zero attached hydrogens (tertiary/aromatic N) is 4. The predicted octanol–water partition coefficient (Wildman–Crippen LogP) is 2.85. The number of aliphatic hydroxyl groups excluding tert-OH is 1. The smallest absolute Gasteiger partial charge is 0.181 e. The molecule has 0 spiro atoms. The summed E-state index contributed by atoms with van der Waals surface area (Å²) in [6, 6.07) is 4.76. The van der Waals surface area contributed by atoms with Gasteiger partial charge in [-0.3, -0.25) is 5.10 Å². The minimum absolute atomic E-state index is 0. The molecule has 0 bridgehead atoms. The lowest BCUT2D eigenvalue weighted by Gasteiger charge is -2.37. The van der Waals surface area contributed by atoms with E-state index in [0.29, 0.717) is 48.6 Å². The monoisotopic (exact) mass is 394 g/mol. The maximum absolute atomic E-state index is 14.7. The van der Waals surface area contributed by atoms with Crippen molar-refractivity contribution >= 4 is 28.5 Å². The lowest BCUT2D eigenvalue weighted by molar-refractivity contribution is 0.120. The summed E-state index contributed by atoms with van der Waals surface area (Å²) in [5.41, 5.74) is 1.11. The van der Waals surface area contributed by atoms with Crippen LogP contribution in [0.25, 0.3) is 22.4 Å². The normalized spacial score (nSPS) is 18.8. The molecule has 0 amide bonds. The van der Waals surface area contributed by atoms with Crippen LogP contribution in [0.3, 0.4) is 0 Å². The van der Waals surface area contributed by atoms with E-state index in [2.05, 4.69) is 25.5 Å². The molecule has 3 N–H and O–H groups in total. The van der Waals surface area contributed by atoms with Gasteiger partial charge >= 0.3 is 0 Å². The van der Waals surface area contributed by atoms with Crippen LogP contribution in [0.1, 0.15) is 16.2 Å². The van der Waals surface area contributed by atoms with Crippen molar-refractivity contribution in [2.24, 2.45) is 0 Å². The molecule has 0 radical (unpaired) electrons. The topological polar surface area (TPSA) is 90.0 Å². The van der Waals surface area contributed by atoms with Crippen molar-refractivity contribution in [2.45, 2.75) is 25.5 Å². The second-order valence-corrected chi connectivity index (χ2v) is 6.99. The molecule has 2 atom stereocenters. The Bertz CT molecular complexity index is 975. The molecule has 146 valence electrons. The van der Waals surface area contributed by atoms with Gasteiger partial charge in [0.2, 0.25) is 0 Å². The quantitative estimate of drug-likeness (QED) is 0.630. The standard InChI is InChI=1S/C18H20ClFN6O.2H2/c1-2-14(27)13-9-26(7-6-21-13)18-11(19)8-12(20)16(23-18)15-10-4-3-5-22-17(10)25-24-15;;/h3-5,8,13-14,21,27H,2,6-7,9H2,1H3,(H,22,24,25);2*1H.